The van der Waals surface area contributed by atoms with Crippen LogP contribution in [0.2, 0.25) is 0 Å². The quantitative estimate of drug-likeness (QED) is 0.129. The van der Waals surface area contributed by atoms with Crippen LogP contribution in [0.5, 0.6) is 0 Å². The summed E-state index contributed by atoms with van der Waals surface area (Å²) >= 11 is 0. The molecular formula is C52H66O20. The zero-order valence-corrected chi connectivity index (χ0v) is 41.4. The Balaban J connectivity index is 0.991. The Morgan fingerprint density at radius 3 is 0.583 bits per heavy atom. The van der Waals surface area contributed by atoms with Crippen molar-refractivity contribution in [3.63, 3.8) is 0 Å². The molecule has 0 N–H and O–H groups in total. The highest BCUT2D eigenvalue weighted by Gasteiger charge is 2.69. The zero-order chi connectivity index (χ0) is 51.1. The standard InChI is InChI=1S/C52H66O20/c1-3-44(5-15-64-34(44)54)25-46(7-17-66-36(46)56)27-48(9-19-68-38(48)58)29-50(11-21-70-40(50)60)31-52(13-23-72-42(52)62)32-51(12-22-71-41(51)61)30-49(10-20-69-39(49)59)28-47(8-18-67-37(47)57)26-45(6-16-65-35(45)55)24-43(2)4-14-63-33(43)53/h3-32H2,1-2H3. The molecule has 0 radical (unpaired) electrons. The minimum Gasteiger partial charge on any atom is -0.465 e. The van der Waals surface area contributed by atoms with E-state index in [9.17, 15) is 47.9 Å². The topological polar surface area (TPSA) is 263 Å². The molecule has 10 unspecified atom stereocenters. The van der Waals surface area contributed by atoms with Crippen molar-refractivity contribution in [2.75, 3.05) is 66.1 Å². The number of hydrogen-bond acceptors (Lipinski definition) is 20. The van der Waals surface area contributed by atoms with Gasteiger partial charge in [-0.2, -0.15) is 0 Å². The monoisotopic (exact) mass is 1010 g/mol. The second-order valence-corrected chi connectivity index (χ2v) is 23.9. The van der Waals surface area contributed by atoms with Gasteiger partial charge >= 0.3 is 59.7 Å². The Labute approximate surface area is 416 Å². The van der Waals surface area contributed by atoms with Crippen LogP contribution in [0.25, 0.3) is 0 Å². The molecule has 10 saturated heterocycles. The molecule has 0 aromatic carbocycles. The molecule has 10 aliphatic heterocycles. The maximum absolute atomic E-state index is 14.7. The molecule has 0 aromatic rings. The molecule has 20 heteroatoms. The first-order chi connectivity index (χ1) is 34.2. The Morgan fingerprint density at radius 1 is 0.250 bits per heavy atom. The number of esters is 10. The van der Waals surface area contributed by atoms with E-state index in [1.807, 2.05) is 6.92 Å². The van der Waals surface area contributed by atoms with Crippen LogP contribution in [0.3, 0.4) is 0 Å². The summed E-state index contributed by atoms with van der Waals surface area (Å²) in [6.45, 7) is 3.91. The number of carbonyl (C=O) groups excluding carboxylic acids is 10. The van der Waals surface area contributed by atoms with Gasteiger partial charge in [0.15, 0.2) is 0 Å². The summed E-state index contributed by atoms with van der Waals surface area (Å²) in [6, 6.07) is 0. The molecular weight excluding hydrogens is 945 g/mol. The minimum atomic E-state index is -1.57. The van der Waals surface area contributed by atoms with E-state index in [1.165, 1.54) is 0 Å². The van der Waals surface area contributed by atoms with Gasteiger partial charge in [0, 0.05) is 0 Å². The third kappa shape index (κ3) is 7.95. The second kappa shape index (κ2) is 17.7. The van der Waals surface area contributed by atoms with E-state index in [2.05, 4.69) is 0 Å². The number of ether oxygens (including phenoxy) is 10. The summed E-state index contributed by atoms with van der Waals surface area (Å²) in [5, 5.41) is 0. The molecule has 20 nitrogen and oxygen atoms in total. The predicted molar refractivity (Wildman–Crippen MR) is 238 cm³/mol. The zero-order valence-electron chi connectivity index (χ0n) is 41.4. The fraction of sp³-hybridized carbons (Fsp3) is 0.808. The van der Waals surface area contributed by atoms with Gasteiger partial charge in [-0.25, -0.2) is 0 Å². The SMILES string of the molecule is CCC1(CC2(CC3(CC4(CC5(CC6(CC7(CC8(CC9(CC%10(C)CCOC%10=O)CCOC9=O)CCOC8=O)CCOC7=O)CCOC6=O)CCOC5=O)CCOC4=O)CCOC3=O)CCOC2=O)CCOC1=O. The van der Waals surface area contributed by atoms with Crippen LogP contribution in [0.1, 0.15) is 142 Å². The van der Waals surface area contributed by atoms with Crippen molar-refractivity contribution in [1.29, 1.82) is 0 Å². The van der Waals surface area contributed by atoms with Gasteiger partial charge in [0.1, 0.15) is 0 Å². The van der Waals surface area contributed by atoms with E-state index >= 15 is 0 Å². The van der Waals surface area contributed by atoms with Gasteiger partial charge in [-0.15, -0.1) is 0 Å². The van der Waals surface area contributed by atoms with Gasteiger partial charge in [0.25, 0.3) is 0 Å². The second-order valence-electron chi connectivity index (χ2n) is 23.9. The fourth-order valence-electron chi connectivity index (χ4n) is 15.8. The largest absolute Gasteiger partial charge is 0.465 e. The first-order valence-electron chi connectivity index (χ1n) is 25.9. The smallest absolute Gasteiger partial charge is 0.312 e. The molecule has 10 heterocycles. The van der Waals surface area contributed by atoms with E-state index in [1.54, 1.807) is 6.92 Å². The maximum atomic E-state index is 14.7. The molecule has 10 fully saturated rings. The molecule has 72 heavy (non-hydrogen) atoms. The fourth-order valence-corrected chi connectivity index (χ4v) is 15.8. The summed E-state index contributed by atoms with van der Waals surface area (Å²) in [5.41, 5.74) is -13.8. The number of cyclic esters (lactones) is 10. The Morgan fingerprint density at radius 2 is 0.417 bits per heavy atom. The molecule has 10 rings (SSSR count). The summed E-state index contributed by atoms with van der Waals surface area (Å²) in [6.07, 6.45) is 1.02. The van der Waals surface area contributed by atoms with Crippen molar-refractivity contribution in [3.05, 3.63) is 0 Å². The lowest BCUT2D eigenvalue weighted by Gasteiger charge is -2.45. The normalized spacial score (nSPS) is 42.6. The minimum absolute atomic E-state index is 0.000432. The van der Waals surface area contributed by atoms with Crippen molar-refractivity contribution < 1.29 is 95.3 Å². The van der Waals surface area contributed by atoms with E-state index in [0.29, 0.717) is 19.3 Å². The van der Waals surface area contributed by atoms with Crippen molar-refractivity contribution >= 4 is 59.7 Å². The van der Waals surface area contributed by atoms with Gasteiger partial charge in [-0.05, 0) is 135 Å². The van der Waals surface area contributed by atoms with E-state index in [0.717, 1.165) is 0 Å². The summed E-state index contributed by atoms with van der Waals surface area (Å²) in [7, 11) is 0. The summed E-state index contributed by atoms with van der Waals surface area (Å²) in [4.78, 5) is 142. The third-order valence-electron chi connectivity index (χ3n) is 19.4. The molecule has 0 aromatic heterocycles. The lowest BCUT2D eigenvalue weighted by atomic mass is 9.53. The van der Waals surface area contributed by atoms with E-state index in [4.69, 9.17) is 47.4 Å². The highest BCUT2D eigenvalue weighted by atomic mass is 16.6. The average Bonchev–Trinajstić information content (AvgIpc) is 4.25. The lowest BCUT2D eigenvalue weighted by Crippen LogP contribution is -2.50. The van der Waals surface area contributed by atoms with Gasteiger partial charge in [0.2, 0.25) is 0 Å². The Hall–Kier alpha value is -5.30. The van der Waals surface area contributed by atoms with Crippen LogP contribution in [-0.2, 0) is 95.3 Å². The lowest BCUT2D eigenvalue weighted by molar-refractivity contribution is -0.162. The van der Waals surface area contributed by atoms with Crippen molar-refractivity contribution in [1.82, 2.24) is 0 Å². The molecule has 10 aliphatic rings. The van der Waals surface area contributed by atoms with Crippen molar-refractivity contribution in [2.45, 2.75) is 142 Å². The highest BCUT2D eigenvalue weighted by molar-refractivity contribution is 5.90. The average molecular weight is 1010 g/mol. The first kappa shape index (κ1) is 50.2. The first-order valence-corrected chi connectivity index (χ1v) is 25.9. The molecule has 0 saturated carbocycles. The third-order valence-corrected chi connectivity index (χ3v) is 19.4. The van der Waals surface area contributed by atoms with Gasteiger partial charge in [0.05, 0.1) is 120 Å². The van der Waals surface area contributed by atoms with Gasteiger partial charge in [-0.1, -0.05) is 6.92 Å². The van der Waals surface area contributed by atoms with Gasteiger partial charge in [-0.3, -0.25) is 47.9 Å². The van der Waals surface area contributed by atoms with E-state index < -0.39 is 114 Å². The molecule has 0 amide bonds. The van der Waals surface area contributed by atoms with Crippen molar-refractivity contribution in [2.24, 2.45) is 54.1 Å². The molecule has 0 bridgehead atoms. The van der Waals surface area contributed by atoms with Crippen molar-refractivity contribution in [3.8, 4) is 0 Å². The van der Waals surface area contributed by atoms with Crippen LogP contribution in [0.4, 0.5) is 0 Å². The van der Waals surface area contributed by atoms with Gasteiger partial charge < -0.3 is 47.4 Å². The van der Waals surface area contributed by atoms with E-state index in [-0.39, 0.29) is 175 Å². The Kier molecular flexibility index (Phi) is 12.3. The molecule has 0 spiro atoms. The van der Waals surface area contributed by atoms with Crippen LogP contribution >= 0.6 is 0 Å². The summed E-state index contributed by atoms with van der Waals surface area (Å²) < 4.78 is 56.3. The molecule has 394 valence electrons. The van der Waals surface area contributed by atoms with Crippen LogP contribution in [0, 0.1) is 54.1 Å². The number of hydrogen-bond donors (Lipinski definition) is 0. The van der Waals surface area contributed by atoms with Crippen LogP contribution in [-0.4, -0.2) is 126 Å². The molecule has 0 aliphatic carbocycles. The molecule has 10 atom stereocenters. The Bertz CT molecular complexity index is 2360. The summed E-state index contributed by atoms with van der Waals surface area (Å²) in [5.74, 6) is -5.90. The maximum Gasteiger partial charge on any atom is 0.312 e. The predicted octanol–water partition coefficient (Wildman–Crippen LogP) is 4.26. The number of rotatable bonds is 19. The highest BCUT2D eigenvalue weighted by Crippen LogP contribution is 2.65. The van der Waals surface area contributed by atoms with Crippen LogP contribution < -0.4 is 0 Å². The van der Waals surface area contributed by atoms with Crippen LogP contribution in [0.15, 0.2) is 0 Å². The number of carbonyl (C=O) groups is 10.